The molecule has 4 N–H and O–H groups in total. The third-order valence-corrected chi connectivity index (χ3v) is 1.20. The molecular formula is C8H21NO2. The fourth-order valence-electron chi connectivity index (χ4n) is 0.616. The largest absolute Gasteiger partial charge is 0.394 e. The first-order chi connectivity index (χ1) is 5.31. The molecule has 0 spiro atoms. The summed E-state index contributed by atoms with van der Waals surface area (Å²) in [6.07, 6.45) is 1.94. The van der Waals surface area contributed by atoms with E-state index in [1.54, 1.807) is 0 Å². The number of rotatable bonds is 5. The maximum Gasteiger partial charge on any atom is 0.0770 e. The minimum Gasteiger partial charge on any atom is -0.394 e. The maximum atomic E-state index is 8.79. The Morgan fingerprint density at radius 3 is 2.18 bits per heavy atom. The number of hydrogen-bond donors (Lipinski definition) is 3. The Hall–Kier alpha value is -0.120. The minimum atomic E-state index is -0.545. The van der Waals surface area contributed by atoms with Gasteiger partial charge >= 0.3 is 0 Å². The van der Waals surface area contributed by atoms with Crippen LogP contribution in [0.1, 0.15) is 33.1 Å². The molecule has 0 heterocycles. The van der Waals surface area contributed by atoms with Crippen LogP contribution in [-0.4, -0.2) is 29.5 Å². The lowest BCUT2D eigenvalue weighted by Gasteiger charge is -2.04. The van der Waals surface area contributed by atoms with Gasteiger partial charge in [-0.15, -0.1) is 0 Å². The molecule has 0 aliphatic rings. The molecule has 0 aliphatic carbocycles. The second-order valence-electron chi connectivity index (χ2n) is 2.12. The van der Waals surface area contributed by atoms with Crippen molar-refractivity contribution in [3.8, 4) is 0 Å². The molecule has 0 aliphatic heterocycles. The average Bonchev–Trinajstić information content (AvgIpc) is 2.08. The van der Waals surface area contributed by atoms with Crippen LogP contribution in [0.4, 0.5) is 0 Å². The quantitative estimate of drug-likeness (QED) is 0.517. The van der Waals surface area contributed by atoms with Crippen molar-refractivity contribution in [2.24, 2.45) is 5.73 Å². The third kappa shape index (κ3) is 13.0. The standard InChI is InChI=1S/C6H15NO2.C2H6/c7-4-2-1-3-6(9)5-8;1-2/h6,8-9H,1-5,7H2;1-2H3. The summed E-state index contributed by atoms with van der Waals surface area (Å²) in [5.41, 5.74) is 5.21. The molecule has 0 saturated heterocycles. The van der Waals surface area contributed by atoms with Gasteiger partial charge in [0.05, 0.1) is 12.7 Å². The molecule has 0 amide bonds. The maximum absolute atomic E-state index is 8.79. The molecule has 0 aromatic rings. The van der Waals surface area contributed by atoms with E-state index in [0.29, 0.717) is 13.0 Å². The summed E-state index contributed by atoms with van der Waals surface area (Å²) in [5.74, 6) is 0. The summed E-state index contributed by atoms with van der Waals surface area (Å²) in [5, 5.41) is 17.1. The molecule has 0 aromatic heterocycles. The molecular weight excluding hydrogens is 142 g/mol. The van der Waals surface area contributed by atoms with Crippen molar-refractivity contribution in [1.82, 2.24) is 0 Å². The van der Waals surface area contributed by atoms with Gasteiger partial charge in [0, 0.05) is 0 Å². The van der Waals surface area contributed by atoms with Crippen molar-refractivity contribution in [3.63, 3.8) is 0 Å². The number of nitrogens with two attached hydrogens (primary N) is 1. The van der Waals surface area contributed by atoms with Crippen molar-refractivity contribution in [1.29, 1.82) is 0 Å². The lowest BCUT2D eigenvalue weighted by Crippen LogP contribution is -2.12. The smallest absolute Gasteiger partial charge is 0.0770 e. The Bertz CT molecular complexity index is 60.1. The second kappa shape index (κ2) is 12.5. The Morgan fingerprint density at radius 2 is 1.82 bits per heavy atom. The fourth-order valence-corrected chi connectivity index (χ4v) is 0.616. The summed E-state index contributed by atoms with van der Waals surface area (Å²) < 4.78 is 0. The summed E-state index contributed by atoms with van der Waals surface area (Å²) >= 11 is 0. The van der Waals surface area contributed by atoms with Crippen LogP contribution >= 0.6 is 0 Å². The van der Waals surface area contributed by atoms with Crippen molar-refractivity contribution in [2.75, 3.05) is 13.2 Å². The first-order valence-corrected chi connectivity index (χ1v) is 4.30. The van der Waals surface area contributed by atoms with Crippen LogP contribution in [0, 0.1) is 0 Å². The molecule has 0 saturated carbocycles. The van der Waals surface area contributed by atoms with Gasteiger partial charge < -0.3 is 15.9 Å². The molecule has 1 unspecified atom stereocenters. The lowest BCUT2D eigenvalue weighted by atomic mass is 10.2. The molecule has 0 aromatic carbocycles. The normalized spacial score (nSPS) is 11.7. The van der Waals surface area contributed by atoms with Gasteiger partial charge in [0.1, 0.15) is 0 Å². The monoisotopic (exact) mass is 163 g/mol. The van der Waals surface area contributed by atoms with Gasteiger partial charge in [-0.25, -0.2) is 0 Å². The van der Waals surface area contributed by atoms with E-state index in [2.05, 4.69) is 0 Å². The minimum absolute atomic E-state index is 0.134. The number of hydrogen-bond acceptors (Lipinski definition) is 3. The zero-order valence-corrected chi connectivity index (χ0v) is 7.58. The summed E-state index contributed by atoms with van der Waals surface area (Å²) in [6.45, 7) is 4.53. The van der Waals surface area contributed by atoms with E-state index in [4.69, 9.17) is 15.9 Å². The highest BCUT2D eigenvalue weighted by Gasteiger charge is 1.98. The van der Waals surface area contributed by atoms with E-state index >= 15 is 0 Å². The first-order valence-electron chi connectivity index (χ1n) is 4.30. The van der Waals surface area contributed by atoms with E-state index in [9.17, 15) is 0 Å². The summed E-state index contributed by atoms with van der Waals surface area (Å²) in [6, 6.07) is 0. The summed E-state index contributed by atoms with van der Waals surface area (Å²) in [4.78, 5) is 0. The summed E-state index contributed by atoms with van der Waals surface area (Å²) in [7, 11) is 0. The van der Waals surface area contributed by atoms with Gasteiger partial charge in [-0.05, 0) is 25.8 Å². The number of aliphatic hydroxyl groups excluding tert-OH is 2. The van der Waals surface area contributed by atoms with Gasteiger partial charge in [-0.3, -0.25) is 0 Å². The van der Waals surface area contributed by atoms with Gasteiger partial charge in [-0.1, -0.05) is 13.8 Å². The predicted octanol–water partition coefficient (Wildman–Crippen LogP) is 0.495. The van der Waals surface area contributed by atoms with Crippen LogP contribution in [0.5, 0.6) is 0 Å². The molecule has 0 radical (unpaired) electrons. The zero-order chi connectivity index (χ0) is 9.11. The van der Waals surface area contributed by atoms with Gasteiger partial charge in [0.25, 0.3) is 0 Å². The number of unbranched alkanes of at least 4 members (excludes halogenated alkanes) is 1. The lowest BCUT2D eigenvalue weighted by molar-refractivity contribution is 0.0863. The van der Waals surface area contributed by atoms with Crippen LogP contribution in [0.2, 0.25) is 0 Å². The van der Waals surface area contributed by atoms with Crippen molar-refractivity contribution >= 4 is 0 Å². The van der Waals surface area contributed by atoms with Gasteiger partial charge in [-0.2, -0.15) is 0 Å². The molecule has 3 nitrogen and oxygen atoms in total. The van der Waals surface area contributed by atoms with E-state index in [1.165, 1.54) is 0 Å². The fraction of sp³-hybridized carbons (Fsp3) is 1.00. The van der Waals surface area contributed by atoms with Crippen LogP contribution < -0.4 is 5.73 Å². The predicted molar refractivity (Wildman–Crippen MR) is 47.3 cm³/mol. The molecule has 0 bridgehead atoms. The SMILES string of the molecule is CC.NCCCCC(O)CO. The zero-order valence-electron chi connectivity index (χ0n) is 7.58. The molecule has 11 heavy (non-hydrogen) atoms. The Kier molecular flexibility index (Phi) is 15.4. The van der Waals surface area contributed by atoms with Crippen molar-refractivity contribution < 1.29 is 10.2 Å². The van der Waals surface area contributed by atoms with Crippen LogP contribution in [0.15, 0.2) is 0 Å². The second-order valence-corrected chi connectivity index (χ2v) is 2.12. The third-order valence-electron chi connectivity index (χ3n) is 1.20. The van der Waals surface area contributed by atoms with Crippen molar-refractivity contribution in [3.05, 3.63) is 0 Å². The highest BCUT2D eigenvalue weighted by Crippen LogP contribution is 1.97. The van der Waals surface area contributed by atoms with E-state index < -0.39 is 6.10 Å². The van der Waals surface area contributed by atoms with Crippen LogP contribution in [-0.2, 0) is 0 Å². The topological polar surface area (TPSA) is 66.5 Å². The Labute approximate surface area is 69.2 Å². The first kappa shape index (κ1) is 13.5. The molecule has 70 valence electrons. The molecule has 0 fully saturated rings. The highest BCUT2D eigenvalue weighted by atomic mass is 16.3. The Morgan fingerprint density at radius 1 is 1.27 bits per heavy atom. The number of aliphatic hydroxyl groups is 2. The Balaban J connectivity index is 0. The van der Waals surface area contributed by atoms with Gasteiger partial charge in [0.15, 0.2) is 0 Å². The molecule has 1 atom stereocenters. The van der Waals surface area contributed by atoms with Crippen LogP contribution in [0.3, 0.4) is 0 Å². The van der Waals surface area contributed by atoms with Crippen molar-refractivity contribution in [2.45, 2.75) is 39.2 Å². The van der Waals surface area contributed by atoms with Crippen LogP contribution in [0.25, 0.3) is 0 Å². The average molecular weight is 163 g/mol. The van der Waals surface area contributed by atoms with E-state index in [1.807, 2.05) is 13.8 Å². The van der Waals surface area contributed by atoms with E-state index in [0.717, 1.165) is 12.8 Å². The van der Waals surface area contributed by atoms with E-state index in [-0.39, 0.29) is 6.61 Å². The van der Waals surface area contributed by atoms with Gasteiger partial charge in [0.2, 0.25) is 0 Å². The highest BCUT2D eigenvalue weighted by molar-refractivity contribution is 4.52. The molecule has 3 heteroatoms. The molecule has 0 rings (SSSR count).